The van der Waals surface area contributed by atoms with Crippen LogP contribution in [0.15, 0.2) is 30.5 Å². The van der Waals surface area contributed by atoms with Gasteiger partial charge in [-0.05, 0) is 36.6 Å². The molecule has 1 aliphatic rings. The standard InChI is InChI=1S/C26H34B3N7O4S/c1-3-4-5-11-30-23(38)18-13-31-25(41-18)15-7-6-8-16(21(15)40-2)32-17-12-19(33-22(37)14-9-10-14)35-36-20(17)24(39)34-26(27,28)29/h6-8,12-14H,3-5,9-11,27-29H2,1-2H3,(H,30,38)(H,34,39)(H2,32,33,35,37). The summed E-state index contributed by atoms with van der Waals surface area (Å²) in [6.45, 7) is 2.74. The van der Waals surface area contributed by atoms with Crippen molar-refractivity contribution >= 4 is 69.8 Å². The number of hydrogen-bond acceptors (Lipinski definition) is 9. The third-order valence-corrected chi connectivity index (χ3v) is 7.24. The highest BCUT2D eigenvalue weighted by molar-refractivity contribution is 7.17. The number of hydrogen-bond donors (Lipinski definition) is 4. The van der Waals surface area contributed by atoms with E-state index in [-0.39, 0.29) is 29.2 Å². The van der Waals surface area contributed by atoms with Gasteiger partial charge in [0.05, 0.1) is 30.2 Å². The van der Waals surface area contributed by atoms with Crippen LogP contribution in [0.1, 0.15) is 59.2 Å². The smallest absolute Gasteiger partial charge is 0.272 e. The molecule has 15 heteroatoms. The van der Waals surface area contributed by atoms with Crippen molar-refractivity contribution < 1.29 is 19.1 Å². The summed E-state index contributed by atoms with van der Waals surface area (Å²) in [5.41, 5.74) is 1.63. The van der Waals surface area contributed by atoms with Crippen molar-refractivity contribution in [3.8, 4) is 16.3 Å². The molecule has 2 heterocycles. The normalized spacial score (nSPS) is 12.8. The Bertz CT molecular complexity index is 1430. The van der Waals surface area contributed by atoms with Gasteiger partial charge in [-0.25, -0.2) is 4.98 Å². The number of anilines is 3. The zero-order chi connectivity index (χ0) is 29.6. The maximum atomic E-state index is 13.1. The number of rotatable bonds is 13. The number of carbonyl (C=O) groups excluding carboxylic acids is 3. The number of para-hydroxylation sites is 1. The number of benzene rings is 1. The van der Waals surface area contributed by atoms with Gasteiger partial charge in [-0.3, -0.25) is 14.4 Å². The SMILES string of the molecule is BC(B)(B)NC(=O)c1nnc(NC(=O)C2CC2)cc1Nc1cccc(-c2ncc(C(=O)NCCCCC)s2)c1OC. The summed E-state index contributed by atoms with van der Waals surface area (Å²) < 4.78 is 5.78. The maximum absolute atomic E-state index is 13.1. The van der Waals surface area contributed by atoms with Crippen molar-refractivity contribution in [2.75, 3.05) is 24.3 Å². The molecule has 41 heavy (non-hydrogen) atoms. The second-order valence-corrected chi connectivity index (χ2v) is 12.0. The molecule has 11 nitrogen and oxygen atoms in total. The third kappa shape index (κ3) is 8.09. The molecule has 0 radical (unpaired) electrons. The van der Waals surface area contributed by atoms with Crippen LogP contribution in [-0.2, 0) is 4.79 Å². The molecule has 0 saturated heterocycles. The predicted molar refractivity (Wildman–Crippen MR) is 168 cm³/mol. The van der Waals surface area contributed by atoms with Crippen LogP contribution in [0.4, 0.5) is 17.2 Å². The lowest BCUT2D eigenvalue weighted by Crippen LogP contribution is -2.50. The van der Waals surface area contributed by atoms with Gasteiger partial charge in [-0.2, -0.15) is 0 Å². The summed E-state index contributed by atoms with van der Waals surface area (Å²) in [5.74, 6) is -0.00440. The molecule has 4 N–H and O–H groups in total. The van der Waals surface area contributed by atoms with E-state index in [4.69, 9.17) is 4.74 Å². The molecule has 2 aromatic heterocycles. The molecule has 0 unspecified atom stereocenters. The highest BCUT2D eigenvalue weighted by Crippen LogP contribution is 2.40. The summed E-state index contributed by atoms with van der Waals surface area (Å²) in [4.78, 5) is 43.1. The van der Waals surface area contributed by atoms with Gasteiger partial charge in [0, 0.05) is 18.5 Å². The number of aromatic nitrogens is 3. The van der Waals surface area contributed by atoms with Gasteiger partial charge in [-0.15, -0.1) is 21.5 Å². The third-order valence-electron chi connectivity index (χ3n) is 6.21. The largest absolute Gasteiger partial charge is 0.494 e. The zero-order valence-corrected chi connectivity index (χ0v) is 24.9. The summed E-state index contributed by atoms with van der Waals surface area (Å²) in [6.07, 6.45) is 6.33. The fourth-order valence-electron chi connectivity index (χ4n) is 4.03. The minimum Gasteiger partial charge on any atom is -0.494 e. The van der Waals surface area contributed by atoms with Crippen LogP contribution in [0, 0.1) is 5.92 Å². The number of amides is 3. The van der Waals surface area contributed by atoms with Gasteiger partial charge in [0.25, 0.3) is 11.8 Å². The Hall–Kier alpha value is -3.87. The van der Waals surface area contributed by atoms with Gasteiger partial charge < -0.3 is 26.0 Å². The molecule has 3 aromatic rings. The number of ether oxygens (including phenoxy) is 1. The Morgan fingerprint density at radius 2 is 1.88 bits per heavy atom. The van der Waals surface area contributed by atoms with Gasteiger partial charge in [0.2, 0.25) is 5.91 Å². The van der Waals surface area contributed by atoms with E-state index in [1.807, 2.05) is 35.7 Å². The number of nitrogens with zero attached hydrogens (tertiary/aromatic N) is 3. The number of thiazole rings is 1. The Balaban J connectivity index is 1.63. The first-order valence-corrected chi connectivity index (χ1v) is 14.6. The van der Waals surface area contributed by atoms with Crippen LogP contribution >= 0.6 is 11.3 Å². The van der Waals surface area contributed by atoms with E-state index in [1.165, 1.54) is 18.4 Å². The molecule has 1 fully saturated rings. The topological polar surface area (TPSA) is 147 Å². The molecule has 0 bridgehead atoms. The highest BCUT2D eigenvalue weighted by atomic mass is 32.1. The van der Waals surface area contributed by atoms with Crippen molar-refractivity contribution in [2.45, 2.75) is 44.3 Å². The Kier molecular flexibility index (Phi) is 9.69. The minimum atomic E-state index is -0.503. The number of nitrogens with one attached hydrogen (secondary N) is 4. The second kappa shape index (κ2) is 13.2. The van der Waals surface area contributed by atoms with E-state index in [2.05, 4.69) is 43.4 Å². The monoisotopic (exact) mass is 573 g/mol. The van der Waals surface area contributed by atoms with Crippen LogP contribution < -0.4 is 26.0 Å². The fourth-order valence-corrected chi connectivity index (χ4v) is 4.88. The average Bonchev–Trinajstić information content (AvgIpc) is 3.66. The molecule has 0 spiro atoms. The summed E-state index contributed by atoms with van der Waals surface area (Å²) >= 11 is 1.27. The van der Waals surface area contributed by atoms with E-state index in [9.17, 15) is 14.4 Å². The van der Waals surface area contributed by atoms with Gasteiger partial charge >= 0.3 is 0 Å². The average molecular weight is 573 g/mol. The Morgan fingerprint density at radius 3 is 2.56 bits per heavy atom. The van der Waals surface area contributed by atoms with Gasteiger partial charge in [0.15, 0.2) is 17.3 Å². The van der Waals surface area contributed by atoms with Gasteiger partial charge in [0.1, 0.15) is 33.4 Å². The van der Waals surface area contributed by atoms with Crippen molar-refractivity contribution in [2.24, 2.45) is 5.92 Å². The number of carbonyl (C=O) groups is 3. The Morgan fingerprint density at radius 1 is 1.10 bits per heavy atom. The first kappa shape index (κ1) is 30.1. The van der Waals surface area contributed by atoms with E-state index >= 15 is 0 Å². The van der Waals surface area contributed by atoms with Crippen LogP contribution in [0.25, 0.3) is 10.6 Å². The molecule has 1 aromatic carbocycles. The molecule has 0 aliphatic heterocycles. The molecule has 212 valence electrons. The molecular formula is C26H34B3N7O4S. The lowest BCUT2D eigenvalue weighted by Gasteiger charge is -2.22. The minimum absolute atomic E-state index is 0.0181. The molecule has 3 amide bonds. The van der Waals surface area contributed by atoms with Crippen LogP contribution in [0.2, 0.25) is 0 Å². The number of unbranched alkanes of at least 4 members (excludes halogenated alkanes) is 2. The summed E-state index contributed by atoms with van der Waals surface area (Å²) in [7, 11) is 7.15. The van der Waals surface area contributed by atoms with Crippen LogP contribution in [0.5, 0.6) is 5.75 Å². The van der Waals surface area contributed by atoms with Crippen molar-refractivity contribution in [3.63, 3.8) is 0 Å². The van der Waals surface area contributed by atoms with E-state index in [1.54, 1.807) is 18.3 Å². The van der Waals surface area contributed by atoms with E-state index < -0.39 is 11.1 Å². The van der Waals surface area contributed by atoms with Crippen LogP contribution in [0.3, 0.4) is 0 Å². The maximum Gasteiger partial charge on any atom is 0.272 e. The second-order valence-electron chi connectivity index (χ2n) is 11.0. The van der Waals surface area contributed by atoms with E-state index in [0.29, 0.717) is 39.1 Å². The predicted octanol–water partition coefficient (Wildman–Crippen LogP) is 0.861. The van der Waals surface area contributed by atoms with Crippen molar-refractivity contribution in [1.29, 1.82) is 0 Å². The molecule has 1 aliphatic carbocycles. The molecule has 4 rings (SSSR count). The zero-order valence-electron chi connectivity index (χ0n) is 24.1. The summed E-state index contributed by atoms with van der Waals surface area (Å²) in [6, 6.07) is 7.06. The van der Waals surface area contributed by atoms with Crippen LogP contribution in [-0.4, -0.2) is 75.3 Å². The number of methoxy groups -OCH3 is 1. The lowest BCUT2D eigenvalue weighted by atomic mass is 9.49. The quantitative estimate of drug-likeness (QED) is 0.174. The fraction of sp³-hybridized carbons (Fsp3) is 0.385. The highest BCUT2D eigenvalue weighted by Gasteiger charge is 2.30. The lowest BCUT2D eigenvalue weighted by molar-refractivity contribution is -0.117. The first-order valence-electron chi connectivity index (χ1n) is 13.8. The van der Waals surface area contributed by atoms with Gasteiger partial charge in [-0.1, -0.05) is 25.8 Å². The van der Waals surface area contributed by atoms with Crippen molar-refractivity contribution in [3.05, 3.63) is 41.0 Å². The summed E-state index contributed by atoms with van der Waals surface area (Å²) in [5, 5.41) is 20.2. The van der Waals surface area contributed by atoms with E-state index in [0.717, 1.165) is 32.1 Å². The molecule has 1 saturated carbocycles. The Labute approximate surface area is 246 Å². The molecule has 0 atom stereocenters. The molecular weight excluding hydrogens is 539 g/mol. The van der Waals surface area contributed by atoms with Crippen molar-refractivity contribution in [1.82, 2.24) is 25.8 Å². The first-order chi connectivity index (χ1) is 19.6.